The highest BCUT2D eigenvalue weighted by Gasteiger charge is 2.27. The van der Waals surface area contributed by atoms with Gasteiger partial charge in [-0.05, 0) is 43.2 Å². The fourth-order valence-electron chi connectivity index (χ4n) is 2.99. The van der Waals surface area contributed by atoms with Crippen LogP contribution >= 0.6 is 15.9 Å². The third-order valence-corrected chi connectivity index (χ3v) is 5.11. The summed E-state index contributed by atoms with van der Waals surface area (Å²) in [5, 5.41) is 11.1. The van der Waals surface area contributed by atoms with Crippen molar-refractivity contribution in [3.63, 3.8) is 0 Å². The molecule has 2 aromatic carbocycles. The Morgan fingerprint density at radius 1 is 1.04 bits per heavy atom. The molecule has 2 aromatic rings. The molecule has 6 heteroatoms. The fourth-order valence-corrected chi connectivity index (χ4v) is 3.33. The Kier molecular flexibility index (Phi) is 6.08. The number of rotatable bonds is 6. The Hall–Kier alpha value is -2.05. The number of aliphatic hydroxyl groups excluding tert-OH is 1. The number of methoxy groups -OCH3 is 3. The van der Waals surface area contributed by atoms with Gasteiger partial charge in [-0.1, -0.05) is 15.9 Å². The van der Waals surface area contributed by atoms with Gasteiger partial charge in [0.05, 0.1) is 26.9 Å². The highest BCUT2D eigenvalue weighted by molar-refractivity contribution is 9.10. The number of aldehydes is 1. The third kappa shape index (κ3) is 3.37. The highest BCUT2D eigenvalue weighted by Crippen LogP contribution is 2.42. The Morgan fingerprint density at radius 2 is 1.68 bits per heavy atom. The largest absolute Gasteiger partial charge is 0.496 e. The van der Waals surface area contributed by atoms with Gasteiger partial charge in [-0.2, -0.15) is 0 Å². The zero-order valence-electron chi connectivity index (χ0n) is 14.8. The van der Waals surface area contributed by atoms with Crippen LogP contribution in [0.4, 0.5) is 0 Å². The maximum absolute atomic E-state index is 11.8. The zero-order valence-corrected chi connectivity index (χ0v) is 16.4. The molecule has 0 saturated heterocycles. The van der Waals surface area contributed by atoms with Crippen molar-refractivity contribution in [2.75, 3.05) is 21.3 Å². The van der Waals surface area contributed by atoms with Crippen LogP contribution in [0.5, 0.6) is 17.2 Å². The molecule has 0 radical (unpaired) electrons. The highest BCUT2D eigenvalue weighted by atomic mass is 79.9. The molecule has 134 valence electrons. The van der Waals surface area contributed by atoms with Crippen molar-refractivity contribution in [1.29, 1.82) is 0 Å². The van der Waals surface area contributed by atoms with E-state index in [1.54, 1.807) is 19.2 Å². The lowest BCUT2D eigenvalue weighted by Gasteiger charge is -2.23. The van der Waals surface area contributed by atoms with Crippen LogP contribution in [0.1, 0.15) is 38.7 Å². The molecule has 0 bridgehead atoms. The van der Waals surface area contributed by atoms with E-state index in [2.05, 4.69) is 15.9 Å². The first-order valence-electron chi connectivity index (χ1n) is 7.62. The molecule has 0 aromatic heterocycles. The Morgan fingerprint density at radius 3 is 2.20 bits per heavy atom. The van der Waals surface area contributed by atoms with Crippen molar-refractivity contribution < 1.29 is 24.1 Å². The van der Waals surface area contributed by atoms with Crippen LogP contribution in [0.25, 0.3) is 0 Å². The number of carbonyl (C=O) groups is 1. The summed E-state index contributed by atoms with van der Waals surface area (Å²) in [6.07, 6.45) is -0.389. The van der Waals surface area contributed by atoms with Crippen LogP contribution in [0.15, 0.2) is 22.7 Å². The van der Waals surface area contributed by atoms with Gasteiger partial charge in [0.2, 0.25) is 0 Å². The standard InChI is InChI=1S/C19H21BrO5/c1-10-8-15(24-4)19(25-5)12(9-21)16(10)18(22)17-11(2)13(20)6-7-14(17)23-3/h6-9,18,22H,1-5H3. The Labute approximate surface area is 155 Å². The second-order valence-corrected chi connectivity index (χ2v) is 6.42. The van der Waals surface area contributed by atoms with Crippen molar-refractivity contribution >= 4 is 22.2 Å². The van der Waals surface area contributed by atoms with Crippen molar-refractivity contribution in [1.82, 2.24) is 0 Å². The van der Waals surface area contributed by atoms with Crippen LogP contribution in [0, 0.1) is 13.8 Å². The van der Waals surface area contributed by atoms with Gasteiger partial charge < -0.3 is 19.3 Å². The quantitative estimate of drug-likeness (QED) is 0.732. The molecule has 2 rings (SSSR count). The summed E-state index contributed by atoms with van der Waals surface area (Å²) in [4.78, 5) is 11.8. The average Bonchev–Trinajstić information content (AvgIpc) is 2.61. The number of aliphatic hydroxyl groups is 1. The van der Waals surface area contributed by atoms with Crippen molar-refractivity contribution in [2.45, 2.75) is 20.0 Å². The first kappa shape index (κ1) is 19.3. The number of aryl methyl sites for hydroxylation is 1. The number of ether oxygens (including phenoxy) is 3. The molecule has 0 heterocycles. The number of hydrogen-bond donors (Lipinski definition) is 1. The number of hydrogen-bond acceptors (Lipinski definition) is 5. The average molecular weight is 409 g/mol. The molecule has 5 nitrogen and oxygen atoms in total. The van der Waals surface area contributed by atoms with Gasteiger partial charge in [-0.15, -0.1) is 0 Å². The van der Waals surface area contributed by atoms with Crippen molar-refractivity contribution in [2.24, 2.45) is 0 Å². The molecular formula is C19H21BrO5. The van der Waals surface area contributed by atoms with Gasteiger partial charge in [-0.25, -0.2) is 0 Å². The summed E-state index contributed by atoms with van der Waals surface area (Å²) in [6, 6.07) is 5.36. The maximum Gasteiger partial charge on any atom is 0.171 e. The van der Waals surface area contributed by atoms with Gasteiger partial charge in [-0.3, -0.25) is 4.79 Å². The van der Waals surface area contributed by atoms with E-state index in [1.165, 1.54) is 14.2 Å². The first-order chi connectivity index (χ1) is 11.9. The van der Waals surface area contributed by atoms with Gasteiger partial charge in [0.1, 0.15) is 11.9 Å². The lowest BCUT2D eigenvalue weighted by Crippen LogP contribution is -2.11. The second kappa shape index (κ2) is 7.89. The molecule has 25 heavy (non-hydrogen) atoms. The first-order valence-corrected chi connectivity index (χ1v) is 8.42. The minimum absolute atomic E-state index is 0.258. The Bertz CT molecular complexity index is 801. The molecule has 1 unspecified atom stereocenters. The molecule has 1 atom stereocenters. The fraction of sp³-hybridized carbons (Fsp3) is 0.316. The van der Waals surface area contributed by atoms with E-state index < -0.39 is 6.10 Å². The van der Waals surface area contributed by atoms with Crippen LogP contribution in [-0.4, -0.2) is 32.7 Å². The van der Waals surface area contributed by atoms with Gasteiger partial charge in [0.25, 0.3) is 0 Å². The van der Waals surface area contributed by atoms with E-state index in [1.807, 2.05) is 19.9 Å². The normalized spacial score (nSPS) is 11.8. The SMILES string of the molecule is COc1cc(C)c(C(O)c2c(OC)ccc(Br)c2C)c(C=O)c1OC. The molecular weight excluding hydrogens is 388 g/mol. The van der Waals surface area contributed by atoms with E-state index in [0.29, 0.717) is 40.2 Å². The molecule has 1 N–H and O–H groups in total. The van der Waals surface area contributed by atoms with E-state index in [4.69, 9.17) is 14.2 Å². The van der Waals surface area contributed by atoms with Gasteiger partial charge >= 0.3 is 0 Å². The maximum atomic E-state index is 11.8. The molecule has 0 saturated carbocycles. The number of benzene rings is 2. The lowest BCUT2D eigenvalue weighted by molar-refractivity contribution is 0.111. The van der Waals surface area contributed by atoms with E-state index in [0.717, 1.165) is 10.0 Å². The summed E-state index contributed by atoms with van der Waals surface area (Å²) in [7, 11) is 4.51. The van der Waals surface area contributed by atoms with Gasteiger partial charge in [0, 0.05) is 15.6 Å². The molecule has 0 spiro atoms. The summed E-state index contributed by atoms with van der Waals surface area (Å²) in [5.74, 6) is 1.28. The van der Waals surface area contributed by atoms with Gasteiger partial charge in [0.15, 0.2) is 17.8 Å². The molecule has 0 aliphatic rings. The van der Waals surface area contributed by atoms with Crippen LogP contribution < -0.4 is 14.2 Å². The van der Waals surface area contributed by atoms with E-state index >= 15 is 0 Å². The van der Waals surface area contributed by atoms with E-state index in [9.17, 15) is 9.90 Å². The summed E-state index contributed by atoms with van der Waals surface area (Å²) in [5.41, 5.74) is 2.86. The minimum Gasteiger partial charge on any atom is -0.496 e. The third-order valence-electron chi connectivity index (χ3n) is 4.25. The number of carbonyl (C=O) groups excluding carboxylic acids is 1. The van der Waals surface area contributed by atoms with Crippen molar-refractivity contribution in [3.05, 3.63) is 50.5 Å². The van der Waals surface area contributed by atoms with Crippen LogP contribution in [-0.2, 0) is 0 Å². The molecule has 0 aliphatic carbocycles. The van der Waals surface area contributed by atoms with Crippen molar-refractivity contribution in [3.8, 4) is 17.2 Å². The second-order valence-electron chi connectivity index (χ2n) is 5.57. The predicted molar refractivity (Wildman–Crippen MR) is 99.2 cm³/mol. The molecule has 0 amide bonds. The summed E-state index contributed by atoms with van der Waals surface area (Å²) >= 11 is 3.47. The zero-order chi connectivity index (χ0) is 18.7. The topological polar surface area (TPSA) is 65.0 Å². The molecule has 0 fully saturated rings. The van der Waals surface area contributed by atoms with Crippen LogP contribution in [0.2, 0.25) is 0 Å². The Balaban J connectivity index is 2.79. The number of halogens is 1. The lowest BCUT2D eigenvalue weighted by atomic mass is 9.89. The van der Waals surface area contributed by atoms with Crippen LogP contribution in [0.3, 0.4) is 0 Å². The monoisotopic (exact) mass is 408 g/mol. The summed E-state index contributed by atoms with van der Waals surface area (Å²) in [6.45, 7) is 3.69. The predicted octanol–water partition coefficient (Wildman–Crippen LogP) is 3.99. The van der Waals surface area contributed by atoms with E-state index in [-0.39, 0.29) is 5.56 Å². The smallest absolute Gasteiger partial charge is 0.171 e. The summed E-state index contributed by atoms with van der Waals surface area (Å²) < 4.78 is 16.9. The minimum atomic E-state index is -1.06. The molecule has 0 aliphatic heterocycles.